The number of benzene rings is 2. The Kier molecular flexibility index (Phi) is 3.74. The van der Waals surface area contributed by atoms with Crippen molar-refractivity contribution in [2.24, 2.45) is 0 Å². The number of aliphatic carboxylic acids is 1. The van der Waals surface area contributed by atoms with E-state index >= 15 is 0 Å². The van der Waals surface area contributed by atoms with Crippen LogP contribution in [-0.4, -0.2) is 16.1 Å². The summed E-state index contributed by atoms with van der Waals surface area (Å²) in [6.45, 7) is 1.98. The molecule has 3 aromatic rings. The SMILES string of the molecule is Cc1ccccc1/C=C(\CC(=O)O)c1nc2ccccc2o1. The molecule has 4 heteroatoms. The minimum atomic E-state index is -0.915. The number of fused-ring (bicyclic) bond motifs is 1. The Balaban J connectivity index is 2.10. The predicted octanol–water partition coefficient (Wildman–Crippen LogP) is 4.15. The van der Waals surface area contributed by atoms with Crippen molar-refractivity contribution in [1.82, 2.24) is 4.98 Å². The first-order valence-electron chi connectivity index (χ1n) is 6.97. The van der Waals surface area contributed by atoms with Crippen LogP contribution in [0, 0.1) is 6.92 Å². The molecule has 0 spiro atoms. The Labute approximate surface area is 127 Å². The molecule has 0 aliphatic carbocycles. The zero-order valence-electron chi connectivity index (χ0n) is 12.1. The van der Waals surface area contributed by atoms with Crippen LogP contribution >= 0.6 is 0 Å². The maximum absolute atomic E-state index is 11.2. The van der Waals surface area contributed by atoms with Gasteiger partial charge in [-0.3, -0.25) is 4.79 Å². The van der Waals surface area contributed by atoms with E-state index in [4.69, 9.17) is 9.52 Å². The van der Waals surface area contributed by atoms with Crippen LogP contribution in [0.5, 0.6) is 0 Å². The normalized spacial score (nSPS) is 11.8. The van der Waals surface area contributed by atoms with Crippen molar-refractivity contribution in [2.45, 2.75) is 13.3 Å². The van der Waals surface area contributed by atoms with Crippen molar-refractivity contribution in [1.29, 1.82) is 0 Å². The van der Waals surface area contributed by atoms with Crippen LogP contribution in [0.4, 0.5) is 0 Å². The molecule has 0 radical (unpaired) electrons. The van der Waals surface area contributed by atoms with Gasteiger partial charge in [0.2, 0.25) is 5.89 Å². The highest BCUT2D eigenvalue weighted by atomic mass is 16.4. The van der Waals surface area contributed by atoms with Gasteiger partial charge in [0.15, 0.2) is 5.58 Å². The van der Waals surface area contributed by atoms with Crippen molar-refractivity contribution >= 4 is 28.7 Å². The van der Waals surface area contributed by atoms with E-state index in [-0.39, 0.29) is 6.42 Å². The van der Waals surface area contributed by atoms with Crippen LogP contribution < -0.4 is 0 Å². The first-order valence-corrected chi connectivity index (χ1v) is 6.97. The smallest absolute Gasteiger partial charge is 0.308 e. The summed E-state index contributed by atoms with van der Waals surface area (Å²) >= 11 is 0. The van der Waals surface area contributed by atoms with Gasteiger partial charge in [-0.1, -0.05) is 36.4 Å². The number of aromatic nitrogens is 1. The van der Waals surface area contributed by atoms with Crippen LogP contribution in [0.25, 0.3) is 22.7 Å². The van der Waals surface area contributed by atoms with E-state index in [9.17, 15) is 4.79 Å². The van der Waals surface area contributed by atoms with Crippen molar-refractivity contribution in [3.8, 4) is 0 Å². The number of nitrogens with zero attached hydrogens (tertiary/aromatic N) is 1. The van der Waals surface area contributed by atoms with E-state index in [1.165, 1.54) is 0 Å². The number of carbonyl (C=O) groups is 1. The van der Waals surface area contributed by atoms with E-state index in [0.717, 1.165) is 16.6 Å². The monoisotopic (exact) mass is 293 g/mol. The van der Waals surface area contributed by atoms with Gasteiger partial charge in [-0.05, 0) is 36.3 Å². The fraction of sp³-hybridized carbons (Fsp3) is 0.111. The first kappa shape index (κ1) is 14.1. The molecule has 22 heavy (non-hydrogen) atoms. The van der Waals surface area contributed by atoms with E-state index in [2.05, 4.69) is 4.98 Å². The topological polar surface area (TPSA) is 63.3 Å². The second-order valence-corrected chi connectivity index (χ2v) is 5.08. The van der Waals surface area contributed by atoms with Crippen molar-refractivity contribution in [2.75, 3.05) is 0 Å². The number of hydrogen-bond donors (Lipinski definition) is 1. The minimum absolute atomic E-state index is 0.138. The van der Waals surface area contributed by atoms with Crippen LogP contribution in [0.15, 0.2) is 52.9 Å². The number of carboxylic acids is 1. The fourth-order valence-corrected chi connectivity index (χ4v) is 2.30. The summed E-state index contributed by atoms with van der Waals surface area (Å²) in [5.74, 6) is -0.561. The van der Waals surface area contributed by atoms with E-state index in [1.54, 1.807) is 0 Å². The van der Waals surface area contributed by atoms with Gasteiger partial charge in [-0.2, -0.15) is 0 Å². The molecule has 0 saturated heterocycles. The lowest BCUT2D eigenvalue weighted by atomic mass is 10.0. The van der Waals surface area contributed by atoms with Crippen LogP contribution in [0.2, 0.25) is 0 Å². The molecular weight excluding hydrogens is 278 g/mol. The second kappa shape index (κ2) is 5.85. The molecule has 0 unspecified atom stereocenters. The predicted molar refractivity (Wildman–Crippen MR) is 85.3 cm³/mol. The third-order valence-electron chi connectivity index (χ3n) is 3.43. The highest BCUT2D eigenvalue weighted by Gasteiger charge is 2.14. The lowest BCUT2D eigenvalue weighted by Crippen LogP contribution is -1.97. The molecule has 0 saturated carbocycles. The van der Waals surface area contributed by atoms with Crippen molar-refractivity contribution in [3.63, 3.8) is 0 Å². The van der Waals surface area contributed by atoms with Gasteiger partial charge >= 0.3 is 5.97 Å². The number of hydrogen-bond acceptors (Lipinski definition) is 3. The third-order valence-corrected chi connectivity index (χ3v) is 3.43. The molecule has 2 aromatic carbocycles. The summed E-state index contributed by atoms with van der Waals surface area (Å²) < 4.78 is 5.70. The molecule has 0 amide bonds. The molecule has 0 fully saturated rings. The summed E-state index contributed by atoms with van der Waals surface area (Å²) in [6, 6.07) is 15.2. The second-order valence-electron chi connectivity index (χ2n) is 5.08. The summed E-state index contributed by atoms with van der Waals surface area (Å²) in [4.78, 5) is 15.6. The van der Waals surface area contributed by atoms with Gasteiger partial charge in [-0.25, -0.2) is 4.98 Å². The van der Waals surface area contributed by atoms with Crippen molar-refractivity contribution < 1.29 is 14.3 Å². The Bertz CT molecular complexity index is 828. The standard InChI is InChI=1S/C18H15NO3/c1-12-6-2-3-7-13(12)10-14(11-17(20)21)18-19-15-8-4-5-9-16(15)22-18/h2-10H,11H2,1H3,(H,20,21)/b14-10+. The van der Waals surface area contributed by atoms with Gasteiger partial charge in [0.05, 0.1) is 6.42 Å². The molecule has 110 valence electrons. The zero-order valence-corrected chi connectivity index (χ0v) is 12.1. The van der Waals surface area contributed by atoms with Gasteiger partial charge in [-0.15, -0.1) is 0 Å². The Morgan fingerprint density at radius 1 is 1.18 bits per heavy atom. The number of oxazole rings is 1. The van der Waals surface area contributed by atoms with Gasteiger partial charge in [0, 0.05) is 5.57 Å². The Hall–Kier alpha value is -2.88. The summed E-state index contributed by atoms with van der Waals surface area (Å²) in [5, 5.41) is 9.16. The average Bonchev–Trinajstić information content (AvgIpc) is 2.92. The largest absolute Gasteiger partial charge is 0.481 e. The molecule has 0 aliphatic heterocycles. The van der Waals surface area contributed by atoms with Crippen LogP contribution in [-0.2, 0) is 4.79 Å². The molecule has 0 aliphatic rings. The highest BCUT2D eigenvalue weighted by Crippen LogP contribution is 2.26. The van der Waals surface area contributed by atoms with Crippen LogP contribution in [0.1, 0.15) is 23.4 Å². The summed E-state index contributed by atoms with van der Waals surface area (Å²) in [5.41, 5.74) is 3.96. The highest BCUT2D eigenvalue weighted by molar-refractivity contribution is 5.91. The quantitative estimate of drug-likeness (QED) is 0.784. The Morgan fingerprint density at radius 3 is 2.64 bits per heavy atom. The minimum Gasteiger partial charge on any atom is -0.481 e. The molecule has 0 bridgehead atoms. The molecule has 0 atom stereocenters. The number of aryl methyl sites for hydroxylation is 1. The summed E-state index contributed by atoms with van der Waals surface area (Å²) in [7, 11) is 0. The molecule has 1 aromatic heterocycles. The van der Waals surface area contributed by atoms with Crippen molar-refractivity contribution in [3.05, 3.63) is 65.5 Å². The first-order chi connectivity index (χ1) is 10.6. The maximum Gasteiger partial charge on any atom is 0.308 e. The van der Waals surface area contributed by atoms with E-state index in [0.29, 0.717) is 17.0 Å². The number of carboxylic acid groups (broad SMARTS) is 1. The molecular formula is C18H15NO3. The summed E-state index contributed by atoms with van der Waals surface area (Å²) in [6.07, 6.45) is 1.69. The molecule has 1 N–H and O–H groups in total. The Morgan fingerprint density at radius 2 is 1.91 bits per heavy atom. The average molecular weight is 293 g/mol. The van der Waals surface area contributed by atoms with Gasteiger partial charge in [0.1, 0.15) is 5.52 Å². The van der Waals surface area contributed by atoms with Gasteiger partial charge in [0.25, 0.3) is 0 Å². The lowest BCUT2D eigenvalue weighted by Gasteiger charge is -2.03. The zero-order chi connectivity index (χ0) is 15.5. The van der Waals surface area contributed by atoms with Gasteiger partial charge < -0.3 is 9.52 Å². The maximum atomic E-state index is 11.2. The van der Waals surface area contributed by atoms with E-state index < -0.39 is 5.97 Å². The van der Waals surface area contributed by atoms with E-state index in [1.807, 2.05) is 61.5 Å². The third kappa shape index (κ3) is 2.91. The fourth-order valence-electron chi connectivity index (χ4n) is 2.30. The lowest BCUT2D eigenvalue weighted by molar-refractivity contribution is -0.135. The van der Waals surface area contributed by atoms with Crippen LogP contribution in [0.3, 0.4) is 0 Å². The number of rotatable bonds is 4. The number of para-hydroxylation sites is 2. The molecule has 3 rings (SSSR count). The molecule has 4 nitrogen and oxygen atoms in total. The molecule has 1 heterocycles.